The van der Waals surface area contributed by atoms with Gasteiger partial charge in [-0.25, -0.2) is 8.42 Å². The Morgan fingerprint density at radius 2 is 1.61 bits per heavy atom. The fourth-order valence-corrected chi connectivity index (χ4v) is 5.76. The molecule has 1 N–H and O–H groups in total. The summed E-state index contributed by atoms with van der Waals surface area (Å²) in [6.45, 7) is 1.03. The van der Waals surface area contributed by atoms with Gasteiger partial charge in [-0.05, 0) is 48.7 Å². The zero-order valence-electron chi connectivity index (χ0n) is 18.0. The van der Waals surface area contributed by atoms with Crippen LogP contribution in [0.2, 0.25) is 0 Å². The highest BCUT2D eigenvalue weighted by Crippen LogP contribution is 2.29. The van der Waals surface area contributed by atoms with Gasteiger partial charge in [-0.3, -0.25) is 4.79 Å². The first-order valence-electron chi connectivity index (χ1n) is 11.0. The molecule has 7 heteroatoms. The van der Waals surface area contributed by atoms with Gasteiger partial charge in [-0.15, -0.1) is 0 Å². The largest absolute Gasteiger partial charge is 0.459 e. The number of amides is 1. The van der Waals surface area contributed by atoms with Crippen LogP contribution in [0.15, 0.2) is 94.2 Å². The van der Waals surface area contributed by atoms with Crippen molar-refractivity contribution < 1.29 is 17.6 Å². The van der Waals surface area contributed by atoms with Crippen molar-refractivity contribution in [2.45, 2.75) is 23.8 Å². The highest BCUT2D eigenvalue weighted by atomic mass is 32.2. The summed E-state index contributed by atoms with van der Waals surface area (Å²) in [7, 11) is -3.61. The van der Waals surface area contributed by atoms with Gasteiger partial charge in [0.1, 0.15) is 17.4 Å². The quantitative estimate of drug-likeness (QED) is 0.451. The lowest BCUT2D eigenvalue weighted by molar-refractivity contribution is 0.0939. The first-order chi connectivity index (χ1) is 16.0. The molecule has 6 nitrogen and oxygen atoms in total. The van der Waals surface area contributed by atoms with Crippen molar-refractivity contribution in [1.82, 2.24) is 9.62 Å². The van der Waals surface area contributed by atoms with Crippen LogP contribution in [-0.2, 0) is 10.0 Å². The molecular weight excluding hydrogens is 436 g/mol. The molecular formula is C26H24N2O4S. The van der Waals surface area contributed by atoms with E-state index in [-0.39, 0.29) is 16.4 Å². The maximum Gasteiger partial charge on any atom is 0.252 e. The van der Waals surface area contributed by atoms with Gasteiger partial charge in [0.05, 0.1) is 4.90 Å². The van der Waals surface area contributed by atoms with Crippen molar-refractivity contribution in [2.75, 3.05) is 13.1 Å². The van der Waals surface area contributed by atoms with Crippen LogP contribution in [0.25, 0.3) is 11.0 Å². The third-order valence-electron chi connectivity index (χ3n) is 5.94. The zero-order valence-corrected chi connectivity index (χ0v) is 18.8. The summed E-state index contributed by atoms with van der Waals surface area (Å²) in [5.41, 5.74) is 1.89. The van der Waals surface area contributed by atoms with Crippen LogP contribution in [0.5, 0.6) is 0 Å². The molecule has 1 fully saturated rings. The third kappa shape index (κ3) is 4.29. The van der Waals surface area contributed by atoms with Gasteiger partial charge in [0.25, 0.3) is 5.91 Å². The molecule has 2 heterocycles. The lowest BCUT2D eigenvalue weighted by atomic mass is 10.0. The number of nitrogens with zero attached hydrogens (tertiary/aromatic N) is 1. The molecule has 0 saturated carbocycles. The number of hydrogen-bond donors (Lipinski definition) is 1. The summed E-state index contributed by atoms with van der Waals surface area (Å²) in [5, 5.41) is 3.98. The van der Waals surface area contributed by atoms with Crippen molar-refractivity contribution >= 4 is 26.9 Å². The SMILES string of the molecule is O=C(NC(c1ccccc1)c1cc2ccccc2o1)c1cccc(S(=O)(=O)N2CCCC2)c1. The van der Waals surface area contributed by atoms with E-state index >= 15 is 0 Å². The highest BCUT2D eigenvalue weighted by Gasteiger charge is 2.28. The molecule has 1 aromatic heterocycles. The van der Waals surface area contributed by atoms with Gasteiger partial charge in [0, 0.05) is 24.0 Å². The molecule has 1 saturated heterocycles. The Morgan fingerprint density at radius 3 is 2.36 bits per heavy atom. The van der Waals surface area contributed by atoms with E-state index in [1.165, 1.54) is 10.4 Å². The van der Waals surface area contributed by atoms with Gasteiger partial charge in [0.2, 0.25) is 10.0 Å². The number of sulfonamides is 1. The fourth-order valence-electron chi connectivity index (χ4n) is 4.20. The van der Waals surface area contributed by atoms with Gasteiger partial charge in [-0.2, -0.15) is 4.31 Å². The summed E-state index contributed by atoms with van der Waals surface area (Å²) >= 11 is 0. The van der Waals surface area contributed by atoms with Crippen LogP contribution in [0, 0.1) is 0 Å². The molecule has 1 aliphatic rings. The highest BCUT2D eigenvalue weighted by molar-refractivity contribution is 7.89. The monoisotopic (exact) mass is 460 g/mol. The van der Waals surface area contributed by atoms with E-state index in [0.717, 1.165) is 29.4 Å². The van der Waals surface area contributed by atoms with E-state index in [1.54, 1.807) is 18.2 Å². The van der Waals surface area contributed by atoms with Crippen molar-refractivity contribution in [1.29, 1.82) is 0 Å². The number of carbonyl (C=O) groups excluding carboxylic acids is 1. The van der Waals surface area contributed by atoms with Crippen LogP contribution in [0.4, 0.5) is 0 Å². The summed E-state index contributed by atoms with van der Waals surface area (Å²) in [4.78, 5) is 13.4. The van der Waals surface area contributed by atoms with E-state index in [2.05, 4.69) is 5.32 Å². The molecule has 0 spiro atoms. The Labute approximate surface area is 192 Å². The zero-order chi connectivity index (χ0) is 22.8. The second-order valence-corrected chi connectivity index (χ2v) is 10.1. The maximum absolute atomic E-state index is 13.3. The number of hydrogen-bond acceptors (Lipinski definition) is 4. The summed E-state index contributed by atoms with van der Waals surface area (Å²) in [5.74, 6) is 0.236. The molecule has 3 aromatic carbocycles. The van der Waals surface area contributed by atoms with Crippen LogP contribution >= 0.6 is 0 Å². The van der Waals surface area contributed by atoms with Crippen LogP contribution < -0.4 is 5.32 Å². The number of para-hydroxylation sites is 1. The van der Waals surface area contributed by atoms with Crippen LogP contribution in [0.1, 0.15) is 40.6 Å². The van der Waals surface area contributed by atoms with E-state index in [0.29, 0.717) is 18.8 Å². The van der Waals surface area contributed by atoms with E-state index in [1.807, 2.05) is 60.7 Å². The number of carbonyl (C=O) groups is 1. The van der Waals surface area contributed by atoms with E-state index in [9.17, 15) is 13.2 Å². The van der Waals surface area contributed by atoms with Gasteiger partial charge >= 0.3 is 0 Å². The smallest absolute Gasteiger partial charge is 0.252 e. The topological polar surface area (TPSA) is 79.6 Å². The minimum atomic E-state index is -3.61. The van der Waals surface area contributed by atoms with Crippen molar-refractivity contribution in [3.8, 4) is 0 Å². The molecule has 1 unspecified atom stereocenters. The second kappa shape index (κ2) is 8.84. The Kier molecular flexibility index (Phi) is 5.74. The molecule has 0 aliphatic carbocycles. The van der Waals surface area contributed by atoms with E-state index < -0.39 is 16.1 Å². The Hall–Kier alpha value is -3.42. The second-order valence-electron chi connectivity index (χ2n) is 8.14. The van der Waals surface area contributed by atoms with Crippen LogP contribution in [-0.4, -0.2) is 31.7 Å². The molecule has 5 rings (SSSR count). The predicted molar refractivity (Wildman–Crippen MR) is 126 cm³/mol. The standard InChI is InChI=1S/C26H24N2O4S/c29-26(21-12-8-13-22(17-21)33(30,31)28-15-6-7-16-28)27-25(19-9-2-1-3-10-19)24-18-20-11-4-5-14-23(20)32-24/h1-5,8-14,17-18,25H,6-7,15-16H2,(H,27,29). The molecule has 33 heavy (non-hydrogen) atoms. The molecule has 1 atom stereocenters. The summed E-state index contributed by atoms with van der Waals surface area (Å²) < 4.78 is 33.4. The first-order valence-corrected chi connectivity index (χ1v) is 12.4. The molecule has 1 amide bonds. The van der Waals surface area contributed by atoms with Crippen LogP contribution in [0.3, 0.4) is 0 Å². The van der Waals surface area contributed by atoms with Gasteiger partial charge in [0.15, 0.2) is 0 Å². The average molecular weight is 461 g/mol. The Morgan fingerprint density at radius 1 is 0.879 bits per heavy atom. The molecule has 0 bridgehead atoms. The lowest BCUT2D eigenvalue weighted by Crippen LogP contribution is -2.30. The summed E-state index contributed by atoms with van der Waals surface area (Å²) in [6.07, 6.45) is 1.71. The number of rotatable bonds is 6. The van der Waals surface area contributed by atoms with Gasteiger partial charge in [-0.1, -0.05) is 54.6 Å². The maximum atomic E-state index is 13.3. The normalized spacial score (nSPS) is 15.5. The number of fused-ring (bicyclic) bond motifs is 1. The molecule has 168 valence electrons. The molecule has 4 aromatic rings. The minimum Gasteiger partial charge on any atom is -0.459 e. The number of benzene rings is 3. The lowest BCUT2D eigenvalue weighted by Gasteiger charge is -2.18. The van der Waals surface area contributed by atoms with Gasteiger partial charge < -0.3 is 9.73 Å². The Bertz CT molecular complexity index is 1360. The minimum absolute atomic E-state index is 0.136. The Balaban J connectivity index is 1.47. The number of furan rings is 1. The average Bonchev–Trinajstić information content (AvgIpc) is 3.53. The van der Waals surface area contributed by atoms with Crippen molar-refractivity contribution in [2.24, 2.45) is 0 Å². The predicted octanol–water partition coefficient (Wildman–Crippen LogP) is 4.74. The fraction of sp³-hybridized carbons (Fsp3) is 0.192. The molecule has 0 radical (unpaired) electrons. The van der Waals surface area contributed by atoms with Crippen molar-refractivity contribution in [3.63, 3.8) is 0 Å². The third-order valence-corrected chi connectivity index (χ3v) is 7.83. The van der Waals surface area contributed by atoms with E-state index in [4.69, 9.17) is 4.42 Å². The number of nitrogens with one attached hydrogen (secondary N) is 1. The van der Waals surface area contributed by atoms with Crippen molar-refractivity contribution in [3.05, 3.63) is 102 Å². The first kappa shape index (κ1) is 21.4. The molecule has 1 aliphatic heterocycles. The summed E-state index contributed by atoms with van der Waals surface area (Å²) in [6, 6.07) is 24.9.